The predicted octanol–water partition coefficient (Wildman–Crippen LogP) is 6.42. The van der Waals surface area contributed by atoms with Crippen LogP contribution in [0.4, 0.5) is 32.6 Å². The molecule has 6 aromatic rings. The molecular formula is C28H18BrIN10O2. The molecule has 0 radical (unpaired) electrons. The Balaban J connectivity index is 1.62. The van der Waals surface area contributed by atoms with Crippen LogP contribution >= 0.6 is 38.5 Å². The van der Waals surface area contributed by atoms with Crippen molar-refractivity contribution in [3.05, 3.63) is 106 Å². The summed E-state index contributed by atoms with van der Waals surface area (Å²) in [4.78, 5) is 54.1. The van der Waals surface area contributed by atoms with E-state index >= 15 is 0 Å². The highest BCUT2D eigenvalue weighted by Crippen LogP contribution is 2.38. The molecule has 206 valence electrons. The number of aromatic nitrogens is 6. The maximum atomic E-state index is 14.3. The fourth-order valence-electron chi connectivity index (χ4n) is 4.28. The number of hydrazine groups is 1. The summed E-state index contributed by atoms with van der Waals surface area (Å²) in [6.07, 6.45) is 11.9. The zero-order valence-corrected chi connectivity index (χ0v) is 25.1. The molecule has 0 spiro atoms. The van der Waals surface area contributed by atoms with Gasteiger partial charge in [-0.1, -0.05) is 30.3 Å². The zero-order chi connectivity index (χ0) is 29.1. The molecule has 4 amide bonds. The normalized spacial score (nSPS) is 10.8. The molecule has 0 saturated carbocycles. The minimum atomic E-state index is -0.697. The highest BCUT2D eigenvalue weighted by atomic mass is 127. The van der Waals surface area contributed by atoms with Crippen molar-refractivity contribution < 1.29 is 9.59 Å². The van der Waals surface area contributed by atoms with Crippen LogP contribution in [0.1, 0.15) is 0 Å². The lowest BCUT2D eigenvalue weighted by Crippen LogP contribution is -2.54. The van der Waals surface area contributed by atoms with Gasteiger partial charge in [0.1, 0.15) is 0 Å². The number of para-hydroxylation sites is 2. The number of carbonyl (C=O) groups is 2. The molecule has 12 nitrogen and oxygen atoms in total. The van der Waals surface area contributed by atoms with Crippen LogP contribution in [0.25, 0.3) is 21.8 Å². The van der Waals surface area contributed by atoms with Crippen LogP contribution in [-0.4, -0.2) is 42.0 Å². The van der Waals surface area contributed by atoms with Gasteiger partial charge in [-0.3, -0.25) is 30.6 Å². The standard InChI is InChI=1S/C28H18BrIN10O2/c29-19-14-36-21-7-2-1-4-17(21)26(19)40(28(42)38-24-16-32-11-13-34-24)39(27(41)37-23-15-31-10-12-33-23)22-8-9-35-25-18(22)5-3-6-20(25)30/h1-16H,(H,33,37,41)(H,34,38,42). The summed E-state index contributed by atoms with van der Waals surface area (Å²) in [6, 6.07) is 13.2. The van der Waals surface area contributed by atoms with Gasteiger partial charge in [-0.05, 0) is 56.7 Å². The van der Waals surface area contributed by atoms with Gasteiger partial charge in [-0.25, -0.2) is 19.6 Å². The zero-order valence-electron chi connectivity index (χ0n) is 21.4. The average Bonchev–Trinajstić information content (AvgIpc) is 3.01. The molecule has 0 aliphatic carbocycles. The van der Waals surface area contributed by atoms with Gasteiger partial charge >= 0.3 is 12.1 Å². The minimum absolute atomic E-state index is 0.186. The molecule has 0 aliphatic heterocycles. The predicted molar refractivity (Wildman–Crippen MR) is 171 cm³/mol. The van der Waals surface area contributed by atoms with E-state index in [1.807, 2.05) is 42.5 Å². The third-order valence-electron chi connectivity index (χ3n) is 6.02. The van der Waals surface area contributed by atoms with E-state index in [-0.39, 0.29) is 11.6 Å². The molecule has 0 atom stereocenters. The van der Waals surface area contributed by atoms with E-state index in [2.05, 4.69) is 79.1 Å². The fraction of sp³-hybridized carbons (Fsp3) is 0. The van der Waals surface area contributed by atoms with Crippen molar-refractivity contribution in [2.75, 3.05) is 20.7 Å². The fourth-order valence-corrected chi connectivity index (χ4v) is 5.40. The highest BCUT2D eigenvalue weighted by Gasteiger charge is 2.34. The monoisotopic (exact) mass is 732 g/mol. The molecule has 0 bridgehead atoms. The average molecular weight is 733 g/mol. The molecule has 4 heterocycles. The van der Waals surface area contributed by atoms with Gasteiger partial charge in [0.25, 0.3) is 0 Å². The quantitative estimate of drug-likeness (QED) is 0.156. The third-order valence-corrected chi connectivity index (χ3v) is 7.47. The Hall–Kier alpha value is -4.83. The van der Waals surface area contributed by atoms with E-state index in [4.69, 9.17) is 0 Å². The van der Waals surface area contributed by atoms with Gasteiger partial charge in [0.2, 0.25) is 0 Å². The van der Waals surface area contributed by atoms with Crippen LogP contribution in [0.15, 0.2) is 103 Å². The smallest absolute Gasteiger partial charge is 0.289 e. The molecule has 42 heavy (non-hydrogen) atoms. The Morgan fingerprint density at radius 3 is 2.05 bits per heavy atom. The van der Waals surface area contributed by atoms with Crippen molar-refractivity contribution >= 4 is 95.4 Å². The lowest BCUT2D eigenvalue weighted by Gasteiger charge is -2.36. The molecule has 4 aromatic heterocycles. The second kappa shape index (κ2) is 12.0. The number of hydrogen-bond donors (Lipinski definition) is 2. The summed E-state index contributed by atoms with van der Waals surface area (Å²) in [6.45, 7) is 0. The van der Waals surface area contributed by atoms with Gasteiger partial charge in [0, 0.05) is 51.5 Å². The van der Waals surface area contributed by atoms with Crippen molar-refractivity contribution in [3.8, 4) is 0 Å². The number of nitrogens with one attached hydrogen (secondary N) is 2. The topological polar surface area (TPSA) is 142 Å². The molecule has 2 aromatic carbocycles. The highest BCUT2D eigenvalue weighted by molar-refractivity contribution is 14.1. The number of benzene rings is 2. The van der Waals surface area contributed by atoms with Crippen molar-refractivity contribution in [1.29, 1.82) is 0 Å². The van der Waals surface area contributed by atoms with E-state index in [1.165, 1.54) is 47.2 Å². The number of rotatable bonds is 4. The molecule has 14 heteroatoms. The third kappa shape index (κ3) is 5.40. The van der Waals surface area contributed by atoms with Crippen LogP contribution < -0.4 is 20.7 Å². The maximum absolute atomic E-state index is 14.3. The van der Waals surface area contributed by atoms with Crippen LogP contribution in [0, 0.1) is 3.57 Å². The van der Waals surface area contributed by atoms with Crippen LogP contribution in [-0.2, 0) is 0 Å². The number of nitrogens with zero attached hydrogens (tertiary/aromatic N) is 8. The first kappa shape index (κ1) is 27.3. The number of amides is 4. The number of fused-ring (bicyclic) bond motifs is 2. The lowest BCUT2D eigenvalue weighted by atomic mass is 10.1. The first-order chi connectivity index (χ1) is 20.5. The van der Waals surface area contributed by atoms with Crippen molar-refractivity contribution in [2.45, 2.75) is 0 Å². The molecule has 6 rings (SSSR count). The number of anilines is 4. The summed E-state index contributed by atoms with van der Waals surface area (Å²) in [5, 5.41) is 9.22. The van der Waals surface area contributed by atoms with Crippen molar-refractivity contribution in [3.63, 3.8) is 0 Å². The van der Waals surface area contributed by atoms with Gasteiger partial charge in [0.05, 0.1) is 39.3 Å². The van der Waals surface area contributed by atoms with Crippen LogP contribution in [0.5, 0.6) is 0 Å². The molecule has 0 saturated heterocycles. The van der Waals surface area contributed by atoms with Gasteiger partial charge in [-0.2, -0.15) is 10.0 Å². The van der Waals surface area contributed by atoms with Crippen LogP contribution in [0.3, 0.4) is 0 Å². The van der Waals surface area contributed by atoms with Gasteiger partial charge in [0.15, 0.2) is 11.6 Å². The summed E-state index contributed by atoms with van der Waals surface area (Å²) in [5.74, 6) is 0.374. The van der Waals surface area contributed by atoms with E-state index < -0.39 is 12.1 Å². The van der Waals surface area contributed by atoms with Gasteiger partial charge < -0.3 is 0 Å². The number of urea groups is 2. The maximum Gasteiger partial charge on any atom is 0.347 e. The Morgan fingerprint density at radius 1 is 0.690 bits per heavy atom. The van der Waals surface area contributed by atoms with E-state index in [0.717, 1.165) is 3.57 Å². The van der Waals surface area contributed by atoms with E-state index in [0.29, 0.717) is 37.7 Å². The number of pyridine rings is 2. The molecule has 0 unspecified atom stereocenters. The molecular weight excluding hydrogens is 715 g/mol. The lowest BCUT2D eigenvalue weighted by molar-refractivity contribution is 0.248. The number of hydrogen-bond acceptors (Lipinski definition) is 8. The van der Waals surface area contributed by atoms with E-state index in [9.17, 15) is 9.59 Å². The van der Waals surface area contributed by atoms with Crippen molar-refractivity contribution in [1.82, 2.24) is 29.9 Å². The number of carbonyl (C=O) groups excluding carboxylic acids is 2. The Bertz CT molecular complexity index is 1930. The Labute approximate surface area is 260 Å². The molecule has 0 fully saturated rings. The molecule has 0 aliphatic rings. The van der Waals surface area contributed by atoms with Crippen molar-refractivity contribution in [2.24, 2.45) is 0 Å². The summed E-state index contributed by atoms with van der Waals surface area (Å²) in [5.41, 5.74) is 1.99. The number of halogens is 2. The second-order valence-corrected chi connectivity index (χ2v) is 10.6. The largest absolute Gasteiger partial charge is 0.347 e. The first-order valence-corrected chi connectivity index (χ1v) is 14.2. The summed E-state index contributed by atoms with van der Waals surface area (Å²) >= 11 is 5.77. The SMILES string of the molecule is O=C(Nc1cnccn1)N(c1c(Br)cnc2ccccc12)N(C(=O)Nc1cnccn1)c1ccnc2c(I)cccc12. The summed E-state index contributed by atoms with van der Waals surface area (Å²) < 4.78 is 1.33. The second-order valence-electron chi connectivity index (χ2n) is 8.60. The Kier molecular flexibility index (Phi) is 7.78. The van der Waals surface area contributed by atoms with E-state index in [1.54, 1.807) is 18.5 Å². The molecule has 2 N–H and O–H groups in total. The summed E-state index contributed by atoms with van der Waals surface area (Å²) in [7, 11) is 0. The first-order valence-electron chi connectivity index (χ1n) is 12.3. The van der Waals surface area contributed by atoms with Crippen LogP contribution in [0.2, 0.25) is 0 Å². The Morgan fingerprint density at radius 2 is 1.36 bits per heavy atom. The minimum Gasteiger partial charge on any atom is -0.289 e. The van der Waals surface area contributed by atoms with Gasteiger partial charge in [-0.15, -0.1) is 0 Å².